The summed E-state index contributed by atoms with van der Waals surface area (Å²) in [5, 5.41) is 3.59. The molecule has 2 amide bonds. The molecule has 2 aromatic carbocycles. The Labute approximate surface area is 175 Å². The highest BCUT2D eigenvalue weighted by Crippen LogP contribution is 2.21. The Balaban J connectivity index is 1.62. The summed E-state index contributed by atoms with van der Waals surface area (Å²) in [6, 6.07) is 12.1. The van der Waals surface area contributed by atoms with E-state index in [0.717, 1.165) is 25.9 Å². The summed E-state index contributed by atoms with van der Waals surface area (Å²) in [6.45, 7) is 1.52. The maximum Gasteiger partial charge on any atom is 0.255 e. The van der Waals surface area contributed by atoms with Gasteiger partial charge in [0.25, 0.3) is 11.8 Å². The quantitative estimate of drug-likeness (QED) is 0.797. The number of carbonyl (C=O) groups excluding carboxylic acids is 2. The summed E-state index contributed by atoms with van der Waals surface area (Å²) in [6.07, 6.45) is 1.96. The molecule has 1 N–H and O–H groups in total. The molecule has 0 aromatic heterocycles. The molecule has 1 aliphatic heterocycles. The molecule has 1 saturated heterocycles. The van der Waals surface area contributed by atoms with Gasteiger partial charge in [-0.05, 0) is 69.4 Å². The Morgan fingerprint density at radius 1 is 0.964 bits per heavy atom. The summed E-state index contributed by atoms with van der Waals surface area (Å²) >= 11 is 11.9. The first-order valence-electron chi connectivity index (χ1n) is 9.16. The molecule has 1 aliphatic rings. The molecule has 2 aromatic rings. The van der Waals surface area contributed by atoms with Crippen LogP contribution in [0.1, 0.15) is 33.6 Å². The third-order valence-electron chi connectivity index (χ3n) is 5.00. The van der Waals surface area contributed by atoms with Crippen LogP contribution < -0.4 is 5.32 Å². The lowest BCUT2D eigenvalue weighted by molar-refractivity contribution is 0.0663. The van der Waals surface area contributed by atoms with Crippen LogP contribution in [0.3, 0.4) is 0 Å². The lowest BCUT2D eigenvalue weighted by atomic mass is 10.0. The molecule has 5 nitrogen and oxygen atoms in total. The number of halogens is 2. The van der Waals surface area contributed by atoms with E-state index in [1.165, 1.54) is 0 Å². The van der Waals surface area contributed by atoms with Crippen LogP contribution in [0.15, 0.2) is 42.5 Å². The van der Waals surface area contributed by atoms with Gasteiger partial charge in [-0.25, -0.2) is 0 Å². The Morgan fingerprint density at radius 3 is 2.07 bits per heavy atom. The third kappa shape index (κ3) is 5.04. The van der Waals surface area contributed by atoms with Gasteiger partial charge in [0.05, 0.1) is 0 Å². The number of carbonyl (C=O) groups is 2. The van der Waals surface area contributed by atoms with E-state index in [4.69, 9.17) is 23.2 Å². The molecule has 0 radical (unpaired) electrons. The van der Waals surface area contributed by atoms with E-state index in [0.29, 0.717) is 32.9 Å². The van der Waals surface area contributed by atoms with Gasteiger partial charge in [-0.3, -0.25) is 9.59 Å². The van der Waals surface area contributed by atoms with Crippen LogP contribution >= 0.6 is 23.2 Å². The average Bonchev–Trinajstić information content (AvgIpc) is 2.67. The largest absolute Gasteiger partial charge is 0.339 e. The van der Waals surface area contributed by atoms with Crippen molar-refractivity contribution in [2.24, 2.45) is 0 Å². The van der Waals surface area contributed by atoms with E-state index in [9.17, 15) is 9.59 Å². The second-order valence-corrected chi connectivity index (χ2v) is 8.05. The highest BCUT2D eigenvalue weighted by atomic mass is 35.5. The topological polar surface area (TPSA) is 52.6 Å². The van der Waals surface area contributed by atoms with Crippen LogP contribution in [-0.4, -0.2) is 54.8 Å². The van der Waals surface area contributed by atoms with Crippen molar-refractivity contribution >= 4 is 40.7 Å². The number of amides is 2. The SMILES string of the molecule is CN(C)C1CCN(C(=O)c2ccc(NC(=O)c3cc(Cl)cc(Cl)c3)cc2)CC1. The normalized spacial score (nSPS) is 15.0. The molecule has 1 fully saturated rings. The van der Waals surface area contributed by atoms with E-state index >= 15 is 0 Å². The van der Waals surface area contributed by atoms with Gasteiger partial charge in [0.2, 0.25) is 0 Å². The van der Waals surface area contributed by atoms with Crippen LogP contribution in [0.2, 0.25) is 10.0 Å². The zero-order chi connectivity index (χ0) is 20.3. The predicted octanol–water partition coefficient (Wildman–Crippen LogP) is 4.41. The number of hydrogen-bond acceptors (Lipinski definition) is 3. The van der Waals surface area contributed by atoms with E-state index in [1.807, 2.05) is 4.90 Å². The van der Waals surface area contributed by atoms with E-state index in [2.05, 4.69) is 24.3 Å². The Morgan fingerprint density at radius 2 is 1.54 bits per heavy atom. The maximum atomic E-state index is 12.7. The van der Waals surface area contributed by atoms with Crippen molar-refractivity contribution in [2.45, 2.75) is 18.9 Å². The smallest absolute Gasteiger partial charge is 0.255 e. The van der Waals surface area contributed by atoms with Gasteiger partial charge >= 0.3 is 0 Å². The number of likely N-dealkylation sites (tertiary alicyclic amines) is 1. The molecule has 148 valence electrons. The minimum atomic E-state index is -0.311. The number of hydrogen-bond donors (Lipinski definition) is 1. The van der Waals surface area contributed by atoms with Crippen LogP contribution in [-0.2, 0) is 0 Å². The van der Waals surface area contributed by atoms with E-state index < -0.39 is 0 Å². The zero-order valence-electron chi connectivity index (χ0n) is 15.9. The van der Waals surface area contributed by atoms with Gasteiger partial charge < -0.3 is 15.1 Å². The molecular weight excluding hydrogens is 397 g/mol. The molecule has 3 rings (SSSR count). The van der Waals surface area contributed by atoms with Crippen LogP contribution in [0, 0.1) is 0 Å². The van der Waals surface area contributed by atoms with Crippen molar-refractivity contribution in [2.75, 3.05) is 32.5 Å². The molecule has 28 heavy (non-hydrogen) atoms. The molecule has 0 saturated carbocycles. The number of benzene rings is 2. The maximum absolute atomic E-state index is 12.7. The molecule has 0 atom stereocenters. The van der Waals surface area contributed by atoms with Crippen molar-refractivity contribution in [3.63, 3.8) is 0 Å². The van der Waals surface area contributed by atoms with Crippen LogP contribution in [0.4, 0.5) is 5.69 Å². The number of rotatable bonds is 4. The van der Waals surface area contributed by atoms with Crippen LogP contribution in [0.5, 0.6) is 0 Å². The number of anilines is 1. The first kappa shape index (κ1) is 20.6. The van der Waals surface area contributed by atoms with Crippen molar-refractivity contribution in [3.05, 3.63) is 63.6 Å². The lowest BCUT2D eigenvalue weighted by Crippen LogP contribution is -2.44. The molecule has 1 heterocycles. The van der Waals surface area contributed by atoms with Gasteiger partial charge in [-0.1, -0.05) is 23.2 Å². The fourth-order valence-corrected chi connectivity index (χ4v) is 3.88. The van der Waals surface area contributed by atoms with Crippen molar-refractivity contribution in [1.29, 1.82) is 0 Å². The first-order valence-corrected chi connectivity index (χ1v) is 9.92. The van der Waals surface area contributed by atoms with Crippen molar-refractivity contribution in [3.8, 4) is 0 Å². The Kier molecular flexibility index (Phi) is 6.60. The summed E-state index contributed by atoms with van der Waals surface area (Å²) in [7, 11) is 4.15. The minimum Gasteiger partial charge on any atom is -0.339 e. The predicted molar refractivity (Wildman–Crippen MR) is 113 cm³/mol. The summed E-state index contributed by atoms with van der Waals surface area (Å²) < 4.78 is 0. The van der Waals surface area contributed by atoms with Gasteiger partial charge in [0.15, 0.2) is 0 Å². The zero-order valence-corrected chi connectivity index (χ0v) is 17.4. The van der Waals surface area contributed by atoms with Crippen molar-refractivity contribution in [1.82, 2.24) is 9.80 Å². The molecular formula is C21H23Cl2N3O2. The van der Waals surface area contributed by atoms with Gasteiger partial charge in [0, 0.05) is 46.0 Å². The first-order chi connectivity index (χ1) is 13.3. The highest BCUT2D eigenvalue weighted by Gasteiger charge is 2.24. The van der Waals surface area contributed by atoms with Crippen molar-refractivity contribution < 1.29 is 9.59 Å². The summed E-state index contributed by atoms with van der Waals surface area (Å²) in [5.74, 6) is -0.286. The number of nitrogens with zero attached hydrogens (tertiary/aromatic N) is 2. The highest BCUT2D eigenvalue weighted by molar-refractivity contribution is 6.35. The molecule has 0 spiro atoms. The molecule has 0 aliphatic carbocycles. The van der Waals surface area contributed by atoms with E-state index in [1.54, 1.807) is 42.5 Å². The fraction of sp³-hybridized carbons (Fsp3) is 0.333. The minimum absolute atomic E-state index is 0.0247. The fourth-order valence-electron chi connectivity index (χ4n) is 3.35. The Bertz CT molecular complexity index is 840. The Hall–Kier alpha value is -2.08. The lowest BCUT2D eigenvalue weighted by Gasteiger charge is -2.35. The molecule has 7 heteroatoms. The van der Waals surface area contributed by atoms with Crippen LogP contribution in [0.25, 0.3) is 0 Å². The molecule has 0 unspecified atom stereocenters. The molecule has 0 bridgehead atoms. The van der Waals surface area contributed by atoms with Gasteiger partial charge in [-0.2, -0.15) is 0 Å². The monoisotopic (exact) mass is 419 g/mol. The van der Waals surface area contributed by atoms with Gasteiger partial charge in [-0.15, -0.1) is 0 Å². The second-order valence-electron chi connectivity index (χ2n) is 7.18. The number of piperidine rings is 1. The second kappa shape index (κ2) is 8.95. The van der Waals surface area contributed by atoms with E-state index in [-0.39, 0.29) is 11.8 Å². The summed E-state index contributed by atoms with van der Waals surface area (Å²) in [4.78, 5) is 29.2. The standard InChI is InChI=1S/C21H23Cl2N3O2/c1-25(2)19-7-9-26(10-8-19)21(28)14-3-5-18(6-4-14)24-20(27)15-11-16(22)13-17(23)12-15/h3-6,11-13,19H,7-10H2,1-2H3,(H,24,27). The van der Waals surface area contributed by atoms with Gasteiger partial charge in [0.1, 0.15) is 0 Å². The average molecular weight is 420 g/mol. The number of nitrogens with one attached hydrogen (secondary N) is 1. The summed E-state index contributed by atoms with van der Waals surface area (Å²) in [5.41, 5.74) is 1.59. The third-order valence-corrected chi connectivity index (χ3v) is 5.43.